The number of carboxylic acids is 1. The lowest BCUT2D eigenvalue weighted by Gasteiger charge is -2.23. The third kappa shape index (κ3) is 7.61. The summed E-state index contributed by atoms with van der Waals surface area (Å²) in [5, 5.41) is 38.4. The third-order valence-corrected chi connectivity index (χ3v) is 6.90. The number of rotatable bonds is 8. The molecule has 0 spiro atoms. The van der Waals surface area contributed by atoms with Crippen molar-refractivity contribution in [3.05, 3.63) is 56.0 Å². The molecule has 14 heteroatoms. The molecule has 3 rings (SSSR count). The summed E-state index contributed by atoms with van der Waals surface area (Å²) in [5.41, 5.74) is 3.79. The van der Waals surface area contributed by atoms with Crippen molar-refractivity contribution in [3.63, 3.8) is 0 Å². The number of carboxylic acid groups (broad SMARTS) is 1. The van der Waals surface area contributed by atoms with Crippen LogP contribution in [0.2, 0.25) is 0 Å². The molecule has 1 aromatic carbocycles. The van der Waals surface area contributed by atoms with Gasteiger partial charge in [0.15, 0.2) is 0 Å². The monoisotopic (exact) mass is 576 g/mol. The molecule has 3 aromatic rings. The fourth-order valence-electron chi connectivity index (χ4n) is 3.36. The molecule has 0 aliphatic rings. The molecule has 6 N–H and O–H groups in total. The molecule has 0 aliphatic heterocycles. The van der Waals surface area contributed by atoms with Crippen molar-refractivity contribution in [3.8, 4) is 11.8 Å². The summed E-state index contributed by atoms with van der Waals surface area (Å²) in [7, 11) is 1.46. The maximum atomic E-state index is 13.7. The SMILES string of the molecule is CC(C#N)CO.COc1ccc(F)cc1CCn1c(=O)n(C(C)(C)C(=O)O)c(=O)c2c(C)c(N)sc21.N=CC=N. The molecule has 2 heterocycles. The number of nitrogen functional groups attached to an aromatic ring is 1. The number of halogens is 1. The number of aromatic nitrogens is 2. The summed E-state index contributed by atoms with van der Waals surface area (Å²) in [6.45, 7) is 5.93. The molecular formula is C26H33FN6O6S. The lowest BCUT2D eigenvalue weighted by molar-refractivity contribution is -0.146. The molecule has 216 valence electrons. The van der Waals surface area contributed by atoms with Gasteiger partial charge in [-0.25, -0.2) is 18.5 Å². The van der Waals surface area contributed by atoms with Gasteiger partial charge in [-0.05, 0) is 63.4 Å². The minimum atomic E-state index is -1.77. The van der Waals surface area contributed by atoms with Gasteiger partial charge in [0.05, 0.1) is 36.1 Å². The summed E-state index contributed by atoms with van der Waals surface area (Å²) in [5.74, 6) is -1.51. The van der Waals surface area contributed by atoms with Crippen molar-refractivity contribution >= 4 is 45.0 Å². The van der Waals surface area contributed by atoms with Gasteiger partial charge < -0.3 is 31.5 Å². The number of carbonyl (C=O) groups is 1. The quantitative estimate of drug-likeness (QED) is 0.251. The Bertz CT molecular complexity index is 1530. The van der Waals surface area contributed by atoms with Crippen molar-refractivity contribution in [2.45, 2.75) is 46.2 Å². The van der Waals surface area contributed by atoms with Gasteiger partial charge in [0, 0.05) is 19.0 Å². The predicted molar refractivity (Wildman–Crippen MR) is 153 cm³/mol. The average Bonchev–Trinajstić information content (AvgIpc) is 3.22. The second-order valence-corrected chi connectivity index (χ2v) is 9.99. The fraction of sp³-hybridized carbons (Fsp3) is 0.385. The maximum absolute atomic E-state index is 13.7. The molecule has 40 heavy (non-hydrogen) atoms. The van der Waals surface area contributed by atoms with E-state index >= 15 is 0 Å². The number of methoxy groups -OCH3 is 1. The van der Waals surface area contributed by atoms with Crippen LogP contribution in [0.15, 0.2) is 27.8 Å². The maximum Gasteiger partial charge on any atom is 0.333 e. The Kier molecular flexibility index (Phi) is 12.4. The van der Waals surface area contributed by atoms with Crippen LogP contribution >= 0.6 is 11.3 Å². The predicted octanol–water partition coefficient (Wildman–Crippen LogP) is 2.75. The molecule has 1 atom stereocenters. The van der Waals surface area contributed by atoms with Gasteiger partial charge in [0.1, 0.15) is 21.9 Å². The number of nitriles is 1. The number of aliphatic hydroxyl groups is 1. The van der Waals surface area contributed by atoms with Crippen LogP contribution in [0.5, 0.6) is 5.75 Å². The summed E-state index contributed by atoms with van der Waals surface area (Å²) in [6, 6.07) is 5.94. The summed E-state index contributed by atoms with van der Waals surface area (Å²) in [4.78, 5) is 38.4. The standard InChI is InChI=1S/C20H22FN3O5S.C4H7NO.C2H4N2/c1-10-14-16(25)24(20(2,3)18(26)27)19(28)23(17(14)30-15(10)22)8-7-11-9-12(21)5-6-13(11)29-4;1-4(2-5)3-6;3-1-2-4/h5-6,9H,7-8,22H2,1-4H3,(H,26,27);4,6H,3H2,1H3;1-4H. The molecule has 0 fully saturated rings. The Morgan fingerprint density at radius 1 is 1.32 bits per heavy atom. The lowest BCUT2D eigenvalue weighted by Crippen LogP contribution is -2.52. The molecular weight excluding hydrogens is 543 g/mol. The summed E-state index contributed by atoms with van der Waals surface area (Å²) >= 11 is 1.08. The smallest absolute Gasteiger partial charge is 0.333 e. The van der Waals surface area contributed by atoms with Crippen LogP contribution in [0.4, 0.5) is 9.39 Å². The highest BCUT2D eigenvalue weighted by atomic mass is 32.1. The second-order valence-electron chi connectivity index (χ2n) is 8.96. The van der Waals surface area contributed by atoms with Crippen LogP contribution in [-0.4, -0.2) is 51.5 Å². The zero-order valence-electron chi connectivity index (χ0n) is 22.8. The number of anilines is 1. The number of aliphatic carboxylic acids is 1. The van der Waals surface area contributed by atoms with Crippen molar-refractivity contribution in [2.24, 2.45) is 5.92 Å². The number of aliphatic hydroxyl groups excluding tert-OH is 1. The number of hydrogen-bond donors (Lipinski definition) is 5. The normalized spacial score (nSPS) is 11.2. The average molecular weight is 577 g/mol. The highest BCUT2D eigenvalue weighted by molar-refractivity contribution is 7.22. The number of aryl methyl sites for hydroxylation is 3. The van der Waals surface area contributed by atoms with Crippen LogP contribution < -0.4 is 21.7 Å². The second kappa shape index (κ2) is 14.7. The molecule has 0 amide bonds. The highest BCUT2D eigenvalue weighted by Crippen LogP contribution is 2.31. The topological polar surface area (TPSA) is 208 Å². The van der Waals surface area contributed by atoms with E-state index in [0.29, 0.717) is 26.7 Å². The molecule has 2 aromatic heterocycles. The van der Waals surface area contributed by atoms with Crippen LogP contribution in [0.25, 0.3) is 10.2 Å². The van der Waals surface area contributed by atoms with Crippen LogP contribution in [0.3, 0.4) is 0 Å². The van der Waals surface area contributed by atoms with E-state index < -0.39 is 28.6 Å². The van der Waals surface area contributed by atoms with E-state index in [1.807, 2.05) is 6.07 Å². The van der Waals surface area contributed by atoms with E-state index in [0.717, 1.165) is 28.3 Å². The van der Waals surface area contributed by atoms with Gasteiger partial charge in [-0.1, -0.05) is 11.3 Å². The molecule has 12 nitrogen and oxygen atoms in total. The Morgan fingerprint density at radius 3 is 2.38 bits per heavy atom. The Labute approximate surface area is 233 Å². The molecule has 0 saturated heterocycles. The Morgan fingerprint density at radius 2 is 1.93 bits per heavy atom. The van der Waals surface area contributed by atoms with Gasteiger partial charge in [0.25, 0.3) is 5.56 Å². The van der Waals surface area contributed by atoms with Crippen LogP contribution in [0.1, 0.15) is 31.9 Å². The number of thiophene rings is 1. The molecule has 0 bridgehead atoms. The Hall–Kier alpha value is -4.35. The molecule has 0 saturated carbocycles. The van der Waals surface area contributed by atoms with E-state index in [1.165, 1.54) is 43.7 Å². The summed E-state index contributed by atoms with van der Waals surface area (Å²) < 4.78 is 21.0. The number of nitrogens with two attached hydrogens (primary N) is 1. The highest BCUT2D eigenvalue weighted by Gasteiger charge is 2.35. The van der Waals surface area contributed by atoms with E-state index in [2.05, 4.69) is 0 Å². The largest absolute Gasteiger partial charge is 0.496 e. The minimum Gasteiger partial charge on any atom is -0.496 e. The van der Waals surface area contributed by atoms with Crippen LogP contribution in [-0.2, 0) is 23.3 Å². The van der Waals surface area contributed by atoms with Gasteiger partial charge in [-0.15, -0.1) is 0 Å². The molecule has 1 unspecified atom stereocenters. The van der Waals surface area contributed by atoms with Gasteiger partial charge in [0.2, 0.25) is 0 Å². The van der Waals surface area contributed by atoms with E-state index in [1.54, 1.807) is 13.8 Å². The van der Waals surface area contributed by atoms with Gasteiger partial charge in [-0.3, -0.25) is 9.36 Å². The first-order chi connectivity index (χ1) is 18.7. The van der Waals surface area contributed by atoms with Crippen molar-refractivity contribution in [1.29, 1.82) is 16.1 Å². The first-order valence-electron chi connectivity index (χ1n) is 11.8. The van der Waals surface area contributed by atoms with E-state index in [4.69, 9.17) is 31.7 Å². The van der Waals surface area contributed by atoms with E-state index in [9.17, 15) is 23.9 Å². The van der Waals surface area contributed by atoms with E-state index in [-0.39, 0.29) is 30.9 Å². The zero-order valence-corrected chi connectivity index (χ0v) is 23.6. The molecule has 0 radical (unpaired) electrons. The van der Waals surface area contributed by atoms with Crippen molar-refractivity contribution in [2.75, 3.05) is 19.5 Å². The third-order valence-electron chi connectivity index (χ3n) is 5.76. The number of nitrogens with one attached hydrogen (secondary N) is 2. The molecule has 0 aliphatic carbocycles. The van der Waals surface area contributed by atoms with Crippen LogP contribution in [0, 0.1) is 40.8 Å². The first kappa shape index (κ1) is 33.7. The van der Waals surface area contributed by atoms with Crippen molar-refractivity contribution in [1.82, 2.24) is 9.13 Å². The lowest BCUT2D eigenvalue weighted by atomic mass is 10.1. The number of fused-ring (bicyclic) bond motifs is 1. The number of nitrogens with zero attached hydrogens (tertiary/aromatic N) is 3. The Balaban J connectivity index is 0.000000686. The number of benzene rings is 1. The zero-order chi connectivity index (χ0) is 30.8. The number of hydrogen-bond acceptors (Lipinski definition) is 10. The fourth-order valence-corrected chi connectivity index (χ4v) is 4.45. The van der Waals surface area contributed by atoms with Crippen molar-refractivity contribution < 1.29 is 24.1 Å². The summed E-state index contributed by atoms with van der Waals surface area (Å²) in [6.07, 6.45) is 2.05. The first-order valence-corrected chi connectivity index (χ1v) is 12.7. The number of ether oxygens (including phenoxy) is 1. The minimum absolute atomic E-state index is 0.0312. The van der Waals surface area contributed by atoms with Gasteiger partial charge in [-0.2, -0.15) is 5.26 Å². The van der Waals surface area contributed by atoms with Gasteiger partial charge >= 0.3 is 11.7 Å².